The third-order valence-corrected chi connectivity index (χ3v) is 2.50. The van der Waals surface area contributed by atoms with Gasteiger partial charge in [0.25, 0.3) is 0 Å². The summed E-state index contributed by atoms with van der Waals surface area (Å²) in [4.78, 5) is 0. The second kappa shape index (κ2) is 5.37. The van der Waals surface area contributed by atoms with Crippen LogP contribution in [-0.2, 0) is 12.8 Å². The van der Waals surface area contributed by atoms with Crippen LogP contribution in [0.1, 0.15) is 31.4 Å². The zero-order valence-corrected chi connectivity index (χ0v) is 9.64. The van der Waals surface area contributed by atoms with E-state index < -0.39 is 12.6 Å². The molecule has 0 heterocycles. The second-order valence-electron chi connectivity index (χ2n) is 4.49. The molecular weight excluding hydrogens is 213 g/mol. The lowest BCUT2D eigenvalue weighted by molar-refractivity contribution is -0.127. The average molecular weight is 230 g/mol. The first-order valence-corrected chi connectivity index (χ1v) is 5.52. The molecule has 90 valence electrons. The average Bonchev–Trinajstić information content (AvgIpc) is 2.14. The maximum Gasteiger partial charge on any atom is 0.393 e. The minimum Gasteiger partial charge on any atom is -0.171 e. The molecule has 0 bridgehead atoms. The summed E-state index contributed by atoms with van der Waals surface area (Å²) in [6, 6.07) is 6.84. The molecule has 0 nitrogen and oxygen atoms in total. The van der Waals surface area contributed by atoms with Gasteiger partial charge in [-0.1, -0.05) is 38.1 Å². The third-order valence-electron chi connectivity index (χ3n) is 2.50. The van der Waals surface area contributed by atoms with Gasteiger partial charge in [-0.2, -0.15) is 13.2 Å². The lowest BCUT2D eigenvalue weighted by Gasteiger charge is -2.12. The molecule has 0 spiro atoms. The Bertz CT molecular complexity index is 326. The molecular formula is C13H17F3. The predicted octanol–water partition coefficient (Wildman–Crippen LogP) is 4.38. The molecule has 3 heteroatoms. The van der Waals surface area contributed by atoms with E-state index in [-0.39, 0.29) is 0 Å². The van der Waals surface area contributed by atoms with Gasteiger partial charge in [-0.25, -0.2) is 0 Å². The summed E-state index contributed by atoms with van der Waals surface area (Å²) in [6.45, 7) is 4.15. The maximum absolute atomic E-state index is 12.3. The summed E-state index contributed by atoms with van der Waals surface area (Å²) < 4.78 is 37.0. The number of halogens is 3. The molecule has 0 aliphatic heterocycles. The van der Waals surface area contributed by atoms with E-state index in [1.165, 1.54) is 0 Å². The van der Waals surface area contributed by atoms with Crippen LogP contribution in [0.25, 0.3) is 0 Å². The topological polar surface area (TPSA) is 0 Å². The largest absolute Gasteiger partial charge is 0.393 e. The molecule has 0 aliphatic carbocycles. The van der Waals surface area contributed by atoms with Crippen LogP contribution < -0.4 is 0 Å². The van der Waals surface area contributed by atoms with Crippen LogP contribution in [0.15, 0.2) is 24.3 Å². The van der Waals surface area contributed by atoms with Gasteiger partial charge >= 0.3 is 6.18 Å². The highest BCUT2D eigenvalue weighted by atomic mass is 19.4. The Hall–Kier alpha value is -0.990. The summed E-state index contributed by atoms with van der Waals surface area (Å²) in [5.74, 6) is 0.513. The lowest BCUT2D eigenvalue weighted by Crippen LogP contribution is -2.13. The van der Waals surface area contributed by atoms with E-state index in [4.69, 9.17) is 0 Å². The van der Waals surface area contributed by atoms with E-state index in [2.05, 4.69) is 13.8 Å². The molecule has 16 heavy (non-hydrogen) atoms. The zero-order valence-electron chi connectivity index (χ0n) is 9.64. The van der Waals surface area contributed by atoms with E-state index in [0.717, 1.165) is 18.4 Å². The van der Waals surface area contributed by atoms with Crippen molar-refractivity contribution >= 4 is 0 Å². The molecule has 0 saturated carbocycles. The Balaban J connectivity index is 2.75. The second-order valence-corrected chi connectivity index (χ2v) is 4.49. The number of hydrogen-bond acceptors (Lipinski definition) is 0. The van der Waals surface area contributed by atoms with Crippen molar-refractivity contribution in [2.24, 2.45) is 5.92 Å². The number of hydrogen-bond donors (Lipinski definition) is 0. The molecule has 0 fully saturated rings. The molecule has 0 unspecified atom stereocenters. The van der Waals surface area contributed by atoms with E-state index in [1.807, 2.05) is 0 Å². The van der Waals surface area contributed by atoms with Crippen LogP contribution >= 0.6 is 0 Å². The Morgan fingerprint density at radius 1 is 1.06 bits per heavy atom. The van der Waals surface area contributed by atoms with E-state index in [0.29, 0.717) is 11.5 Å². The smallest absolute Gasteiger partial charge is 0.171 e. The minimum absolute atomic E-state index is 0.413. The van der Waals surface area contributed by atoms with Gasteiger partial charge in [0.1, 0.15) is 0 Å². The SMILES string of the molecule is CC(C)CCc1ccccc1CC(F)(F)F. The van der Waals surface area contributed by atoms with Crippen LogP contribution in [0.2, 0.25) is 0 Å². The highest BCUT2D eigenvalue weighted by molar-refractivity contribution is 5.28. The fourth-order valence-electron chi connectivity index (χ4n) is 1.63. The summed E-state index contributed by atoms with van der Waals surface area (Å²) in [5, 5.41) is 0. The molecule has 1 aromatic rings. The van der Waals surface area contributed by atoms with Crippen molar-refractivity contribution in [1.82, 2.24) is 0 Å². The van der Waals surface area contributed by atoms with Crippen molar-refractivity contribution < 1.29 is 13.2 Å². The lowest BCUT2D eigenvalue weighted by atomic mass is 9.97. The van der Waals surface area contributed by atoms with Crippen LogP contribution in [0, 0.1) is 5.92 Å². The standard InChI is InChI=1S/C13H17F3/c1-10(2)7-8-11-5-3-4-6-12(11)9-13(14,15)16/h3-6,10H,7-9H2,1-2H3. The number of aryl methyl sites for hydroxylation is 1. The first-order chi connectivity index (χ1) is 7.38. The van der Waals surface area contributed by atoms with E-state index in [9.17, 15) is 13.2 Å². The molecule has 0 aromatic heterocycles. The summed E-state index contributed by atoms with van der Waals surface area (Å²) in [5.41, 5.74) is 1.24. The quantitative estimate of drug-likeness (QED) is 0.720. The van der Waals surface area contributed by atoms with Crippen LogP contribution in [0.3, 0.4) is 0 Å². The van der Waals surface area contributed by atoms with Crippen LogP contribution in [-0.4, -0.2) is 6.18 Å². The highest BCUT2D eigenvalue weighted by Crippen LogP contribution is 2.24. The molecule has 0 radical (unpaired) electrons. The maximum atomic E-state index is 12.3. The number of benzene rings is 1. The zero-order chi connectivity index (χ0) is 12.2. The van der Waals surface area contributed by atoms with E-state index in [1.54, 1.807) is 24.3 Å². The number of alkyl halides is 3. The van der Waals surface area contributed by atoms with Crippen molar-refractivity contribution in [2.45, 2.75) is 39.3 Å². The van der Waals surface area contributed by atoms with Gasteiger partial charge in [0.05, 0.1) is 6.42 Å². The van der Waals surface area contributed by atoms with Gasteiger partial charge in [0.15, 0.2) is 0 Å². The molecule has 1 aromatic carbocycles. The monoisotopic (exact) mass is 230 g/mol. The summed E-state index contributed by atoms with van der Waals surface area (Å²) >= 11 is 0. The van der Waals surface area contributed by atoms with Gasteiger partial charge in [-0.15, -0.1) is 0 Å². The highest BCUT2D eigenvalue weighted by Gasteiger charge is 2.28. The molecule has 0 N–H and O–H groups in total. The Morgan fingerprint density at radius 2 is 1.62 bits per heavy atom. The normalized spacial score (nSPS) is 12.1. The summed E-state index contributed by atoms with van der Waals surface area (Å²) in [6.07, 6.45) is -3.28. The molecule has 0 atom stereocenters. The van der Waals surface area contributed by atoms with Gasteiger partial charge in [0, 0.05) is 0 Å². The Kier molecular flexibility index (Phi) is 4.39. The van der Waals surface area contributed by atoms with Crippen molar-refractivity contribution in [3.8, 4) is 0 Å². The van der Waals surface area contributed by atoms with Gasteiger partial charge < -0.3 is 0 Å². The van der Waals surface area contributed by atoms with Crippen molar-refractivity contribution in [3.05, 3.63) is 35.4 Å². The van der Waals surface area contributed by atoms with Crippen LogP contribution in [0.5, 0.6) is 0 Å². The first-order valence-electron chi connectivity index (χ1n) is 5.52. The van der Waals surface area contributed by atoms with Crippen LogP contribution in [0.4, 0.5) is 13.2 Å². The predicted molar refractivity (Wildman–Crippen MR) is 59.4 cm³/mol. The fourth-order valence-corrected chi connectivity index (χ4v) is 1.63. The molecule has 1 rings (SSSR count). The molecule has 0 saturated heterocycles. The molecule has 0 aliphatic rings. The van der Waals surface area contributed by atoms with Crippen molar-refractivity contribution in [1.29, 1.82) is 0 Å². The first kappa shape index (κ1) is 13.1. The Labute approximate surface area is 94.5 Å². The fraction of sp³-hybridized carbons (Fsp3) is 0.538. The number of rotatable bonds is 4. The van der Waals surface area contributed by atoms with Crippen molar-refractivity contribution in [2.75, 3.05) is 0 Å². The van der Waals surface area contributed by atoms with Gasteiger partial charge in [0.2, 0.25) is 0 Å². The van der Waals surface area contributed by atoms with Gasteiger partial charge in [-0.3, -0.25) is 0 Å². The molecule has 0 amide bonds. The Morgan fingerprint density at radius 3 is 2.12 bits per heavy atom. The van der Waals surface area contributed by atoms with Gasteiger partial charge in [-0.05, 0) is 29.9 Å². The summed E-state index contributed by atoms with van der Waals surface area (Å²) in [7, 11) is 0. The third kappa shape index (κ3) is 4.69. The minimum atomic E-state index is -4.12. The van der Waals surface area contributed by atoms with E-state index >= 15 is 0 Å². The van der Waals surface area contributed by atoms with Crippen molar-refractivity contribution in [3.63, 3.8) is 0 Å².